The summed E-state index contributed by atoms with van der Waals surface area (Å²) in [5.74, 6) is 1.41. The van der Waals surface area contributed by atoms with Crippen molar-refractivity contribution in [2.45, 2.75) is 20.0 Å². The zero-order valence-electron chi connectivity index (χ0n) is 7.92. The Labute approximate surface area is 74.3 Å². The summed E-state index contributed by atoms with van der Waals surface area (Å²) in [5, 5.41) is 8.88. The Balaban J connectivity index is 2.25. The third-order valence-corrected chi connectivity index (χ3v) is 1.97. The van der Waals surface area contributed by atoms with E-state index in [-0.39, 0.29) is 12.7 Å². The average Bonchev–Trinajstić information content (AvgIpc) is 2.03. The van der Waals surface area contributed by atoms with Crippen molar-refractivity contribution in [3.8, 4) is 0 Å². The van der Waals surface area contributed by atoms with Crippen molar-refractivity contribution < 1.29 is 9.84 Å². The molecule has 0 aromatic carbocycles. The van der Waals surface area contributed by atoms with Crippen LogP contribution in [0.1, 0.15) is 13.8 Å². The second-order valence-electron chi connectivity index (χ2n) is 3.62. The summed E-state index contributed by atoms with van der Waals surface area (Å²) >= 11 is 0. The molecule has 1 aliphatic heterocycles. The predicted molar refractivity (Wildman–Crippen MR) is 47.9 cm³/mol. The Morgan fingerprint density at radius 1 is 1.58 bits per heavy atom. The minimum absolute atomic E-state index is 0.0260. The molecule has 1 radical (unpaired) electrons. The van der Waals surface area contributed by atoms with Gasteiger partial charge in [0.2, 0.25) is 0 Å². The van der Waals surface area contributed by atoms with E-state index in [1.165, 1.54) is 5.92 Å². The van der Waals surface area contributed by atoms with Crippen molar-refractivity contribution in [2.75, 3.05) is 32.8 Å². The Hall–Kier alpha value is -0.120. The Morgan fingerprint density at radius 2 is 2.33 bits per heavy atom. The molecule has 0 amide bonds. The van der Waals surface area contributed by atoms with Crippen molar-refractivity contribution in [1.82, 2.24) is 4.90 Å². The second-order valence-corrected chi connectivity index (χ2v) is 3.62. The van der Waals surface area contributed by atoms with E-state index >= 15 is 0 Å². The zero-order valence-corrected chi connectivity index (χ0v) is 7.92. The zero-order chi connectivity index (χ0) is 8.97. The van der Waals surface area contributed by atoms with Crippen molar-refractivity contribution in [1.29, 1.82) is 0 Å². The van der Waals surface area contributed by atoms with E-state index in [2.05, 4.69) is 18.7 Å². The van der Waals surface area contributed by atoms with E-state index in [1.54, 1.807) is 0 Å². The van der Waals surface area contributed by atoms with Crippen molar-refractivity contribution in [3.05, 3.63) is 5.92 Å². The van der Waals surface area contributed by atoms with Crippen molar-refractivity contribution in [2.24, 2.45) is 0 Å². The molecule has 1 heterocycles. The number of rotatable bonds is 3. The van der Waals surface area contributed by atoms with Crippen LogP contribution in [0.25, 0.3) is 0 Å². The van der Waals surface area contributed by atoms with Crippen LogP contribution in [-0.2, 0) is 4.74 Å². The van der Waals surface area contributed by atoms with E-state index in [0.29, 0.717) is 0 Å². The molecule has 12 heavy (non-hydrogen) atoms. The van der Waals surface area contributed by atoms with Crippen LogP contribution in [-0.4, -0.2) is 49.0 Å². The molecule has 0 spiro atoms. The topological polar surface area (TPSA) is 32.7 Å². The van der Waals surface area contributed by atoms with Gasteiger partial charge in [-0.25, -0.2) is 0 Å². The average molecular weight is 172 g/mol. The Bertz CT molecular complexity index is 128. The number of morpholine rings is 1. The summed E-state index contributed by atoms with van der Waals surface area (Å²) < 4.78 is 5.34. The van der Waals surface area contributed by atoms with Gasteiger partial charge in [-0.2, -0.15) is 0 Å². The SMILES string of the molecule is C[C](C)CN1CCO[C@H](CO)C1. The van der Waals surface area contributed by atoms with Crippen LogP contribution in [0.2, 0.25) is 0 Å². The smallest absolute Gasteiger partial charge is 0.0932 e. The first-order chi connectivity index (χ1) is 5.72. The van der Waals surface area contributed by atoms with Crippen LogP contribution in [0.4, 0.5) is 0 Å². The van der Waals surface area contributed by atoms with E-state index < -0.39 is 0 Å². The highest BCUT2D eigenvalue weighted by atomic mass is 16.5. The number of aliphatic hydroxyl groups excluding tert-OH is 1. The first-order valence-electron chi connectivity index (χ1n) is 4.46. The van der Waals surface area contributed by atoms with Gasteiger partial charge in [-0.1, -0.05) is 13.8 Å². The lowest BCUT2D eigenvalue weighted by atomic mass is 10.2. The maximum absolute atomic E-state index is 8.88. The van der Waals surface area contributed by atoms with Gasteiger partial charge in [-0.05, 0) is 5.92 Å². The molecule has 1 atom stereocenters. The van der Waals surface area contributed by atoms with Crippen molar-refractivity contribution >= 4 is 0 Å². The normalized spacial score (nSPS) is 26.5. The summed E-state index contributed by atoms with van der Waals surface area (Å²) in [6, 6.07) is 0. The summed E-state index contributed by atoms with van der Waals surface area (Å²) in [6.07, 6.45) is 0.0260. The molecule has 3 nitrogen and oxygen atoms in total. The molecule has 0 bridgehead atoms. The number of aliphatic hydroxyl groups is 1. The molecule has 1 N–H and O–H groups in total. The molecular formula is C9H18NO2. The van der Waals surface area contributed by atoms with Gasteiger partial charge in [0.25, 0.3) is 0 Å². The number of nitrogens with zero attached hydrogens (tertiary/aromatic N) is 1. The molecule has 0 unspecified atom stereocenters. The van der Waals surface area contributed by atoms with Gasteiger partial charge in [0, 0.05) is 19.6 Å². The van der Waals surface area contributed by atoms with E-state index in [1.807, 2.05) is 0 Å². The minimum atomic E-state index is 0.0260. The fourth-order valence-corrected chi connectivity index (χ4v) is 1.48. The highest BCUT2D eigenvalue weighted by Crippen LogP contribution is 2.07. The fourth-order valence-electron chi connectivity index (χ4n) is 1.48. The van der Waals surface area contributed by atoms with Gasteiger partial charge in [0.05, 0.1) is 19.3 Å². The maximum Gasteiger partial charge on any atom is 0.0932 e. The van der Waals surface area contributed by atoms with E-state index in [0.717, 1.165) is 26.2 Å². The van der Waals surface area contributed by atoms with Crippen LogP contribution in [0.15, 0.2) is 0 Å². The monoisotopic (exact) mass is 172 g/mol. The Kier molecular flexibility index (Phi) is 3.98. The van der Waals surface area contributed by atoms with Crippen LogP contribution in [0, 0.1) is 5.92 Å². The second kappa shape index (κ2) is 4.80. The third kappa shape index (κ3) is 3.09. The van der Waals surface area contributed by atoms with E-state index in [9.17, 15) is 0 Å². The highest BCUT2D eigenvalue weighted by Gasteiger charge is 2.19. The maximum atomic E-state index is 8.88. The van der Waals surface area contributed by atoms with Crippen LogP contribution < -0.4 is 0 Å². The predicted octanol–water partition coefficient (Wildman–Crippen LogP) is 0.294. The lowest BCUT2D eigenvalue weighted by molar-refractivity contribution is -0.0513. The van der Waals surface area contributed by atoms with Gasteiger partial charge in [-0.3, -0.25) is 4.90 Å². The highest BCUT2D eigenvalue weighted by molar-refractivity contribution is 4.84. The van der Waals surface area contributed by atoms with Crippen LogP contribution in [0.3, 0.4) is 0 Å². The lowest BCUT2D eigenvalue weighted by Crippen LogP contribution is -2.45. The van der Waals surface area contributed by atoms with Gasteiger partial charge in [0.15, 0.2) is 0 Å². The van der Waals surface area contributed by atoms with Gasteiger partial charge < -0.3 is 9.84 Å². The van der Waals surface area contributed by atoms with Gasteiger partial charge in [-0.15, -0.1) is 0 Å². The molecular weight excluding hydrogens is 154 g/mol. The van der Waals surface area contributed by atoms with E-state index in [4.69, 9.17) is 9.84 Å². The molecule has 1 saturated heterocycles. The minimum Gasteiger partial charge on any atom is -0.394 e. The molecule has 0 aromatic heterocycles. The molecule has 3 heteroatoms. The van der Waals surface area contributed by atoms with Crippen molar-refractivity contribution in [3.63, 3.8) is 0 Å². The molecule has 1 fully saturated rings. The summed E-state index contributed by atoms with van der Waals surface area (Å²) in [7, 11) is 0. The molecule has 0 aromatic rings. The standard InChI is InChI=1S/C9H18NO2/c1-8(2)5-10-3-4-12-9(6-10)7-11/h9,11H,3-7H2,1-2H3/t9-/m0/s1. The molecule has 1 aliphatic rings. The molecule has 0 saturated carbocycles. The largest absolute Gasteiger partial charge is 0.394 e. The first kappa shape index (κ1) is 9.96. The molecule has 71 valence electrons. The summed E-state index contributed by atoms with van der Waals surface area (Å²) in [5.41, 5.74) is 0. The third-order valence-electron chi connectivity index (χ3n) is 1.97. The summed E-state index contributed by atoms with van der Waals surface area (Å²) in [6.45, 7) is 8.02. The van der Waals surface area contributed by atoms with Crippen LogP contribution >= 0.6 is 0 Å². The number of hydrogen-bond donors (Lipinski definition) is 1. The fraction of sp³-hybridized carbons (Fsp3) is 0.889. The quantitative estimate of drug-likeness (QED) is 0.664. The number of ether oxygens (including phenoxy) is 1. The van der Waals surface area contributed by atoms with Gasteiger partial charge >= 0.3 is 0 Å². The molecule has 0 aliphatic carbocycles. The van der Waals surface area contributed by atoms with Crippen LogP contribution in [0.5, 0.6) is 0 Å². The number of hydrogen-bond acceptors (Lipinski definition) is 3. The first-order valence-corrected chi connectivity index (χ1v) is 4.46. The summed E-state index contributed by atoms with van der Waals surface area (Å²) in [4.78, 5) is 2.32. The molecule has 1 rings (SSSR count). The van der Waals surface area contributed by atoms with Gasteiger partial charge in [0.1, 0.15) is 0 Å². The lowest BCUT2D eigenvalue weighted by Gasteiger charge is -2.32. The Morgan fingerprint density at radius 3 is 2.92 bits per heavy atom.